The molecule has 0 amide bonds. The van der Waals surface area contributed by atoms with Crippen LogP contribution >= 0.6 is 0 Å². The number of para-hydroxylation sites is 1. The van der Waals surface area contributed by atoms with Gasteiger partial charge in [0.15, 0.2) is 0 Å². The molecule has 2 rings (SSSR count). The maximum Gasteiger partial charge on any atom is 0.142 e. The number of hydrogen-bond donors (Lipinski definition) is 0. The van der Waals surface area contributed by atoms with Crippen LogP contribution in [0, 0.1) is 0 Å². The molecule has 0 saturated heterocycles. The molecule has 0 aromatic heterocycles. The van der Waals surface area contributed by atoms with E-state index in [4.69, 9.17) is 9.57 Å². The van der Waals surface area contributed by atoms with E-state index in [1.54, 1.807) is 6.21 Å². The molecule has 0 fully saturated rings. The van der Waals surface area contributed by atoms with Crippen molar-refractivity contribution in [2.45, 2.75) is 19.4 Å². The minimum atomic E-state index is 0.512. The van der Waals surface area contributed by atoms with E-state index >= 15 is 0 Å². The average Bonchev–Trinajstić information content (AvgIpc) is 2.52. The zero-order valence-corrected chi connectivity index (χ0v) is 11.4. The van der Waals surface area contributed by atoms with Gasteiger partial charge in [-0.15, -0.1) is 0 Å². The molecule has 0 bridgehead atoms. The fourth-order valence-electron chi connectivity index (χ4n) is 1.67. The van der Waals surface area contributed by atoms with E-state index in [9.17, 15) is 0 Å². The van der Waals surface area contributed by atoms with Crippen LogP contribution in [-0.2, 0) is 11.4 Å². The zero-order valence-electron chi connectivity index (χ0n) is 11.4. The molecule has 0 aliphatic heterocycles. The third-order valence-electron chi connectivity index (χ3n) is 2.71. The van der Waals surface area contributed by atoms with Crippen LogP contribution < -0.4 is 4.74 Å². The van der Waals surface area contributed by atoms with E-state index in [0.717, 1.165) is 24.2 Å². The van der Waals surface area contributed by atoms with E-state index in [1.165, 1.54) is 0 Å². The Balaban J connectivity index is 1.52. The van der Waals surface area contributed by atoms with Gasteiger partial charge in [0.2, 0.25) is 0 Å². The second-order valence-corrected chi connectivity index (χ2v) is 4.35. The Hall–Kier alpha value is -2.29. The summed E-state index contributed by atoms with van der Waals surface area (Å²) in [5.74, 6) is 0.907. The normalized spacial score (nSPS) is 10.6. The molecule has 104 valence electrons. The number of hydrogen-bond acceptors (Lipinski definition) is 3. The fraction of sp³-hybridized carbons (Fsp3) is 0.235. The molecule has 2 aromatic carbocycles. The molecule has 0 radical (unpaired) electrons. The average molecular weight is 269 g/mol. The predicted molar refractivity (Wildman–Crippen MR) is 80.9 cm³/mol. The zero-order chi connectivity index (χ0) is 13.9. The molecule has 20 heavy (non-hydrogen) atoms. The summed E-state index contributed by atoms with van der Waals surface area (Å²) in [7, 11) is 0. The van der Waals surface area contributed by atoms with Crippen molar-refractivity contribution in [2.75, 3.05) is 6.61 Å². The SMILES string of the molecule is C(/CCCOc1ccccc1)=N\OCc1ccccc1. The van der Waals surface area contributed by atoms with Crippen LogP contribution in [-0.4, -0.2) is 12.8 Å². The van der Waals surface area contributed by atoms with Gasteiger partial charge in [-0.1, -0.05) is 53.7 Å². The summed E-state index contributed by atoms with van der Waals surface area (Å²) in [6, 6.07) is 19.8. The Bertz CT molecular complexity index is 497. The van der Waals surface area contributed by atoms with Gasteiger partial charge in [-0.05, 0) is 30.5 Å². The van der Waals surface area contributed by atoms with Crippen molar-refractivity contribution in [1.82, 2.24) is 0 Å². The van der Waals surface area contributed by atoms with Crippen molar-refractivity contribution >= 4 is 6.21 Å². The van der Waals surface area contributed by atoms with Gasteiger partial charge in [0.1, 0.15) is 12.4 Å². The van der Waals surface area contributed by atoms with Gasteiger partial charge >= 0.3 is 0 Å². The van der Waals surface area contributed by atoms with Crippen molar-refractivity contribution in [1.29, 1.82) is 0 Å². The number of benzene rings is 2. The minimum absolute atomic E-state index is 0.512. The quantitative estimate of drug-likeness (QED) is 0.411. The van der Waals surface area contributed by atoms with E-state index in [0.29, 0.717) is 13.2 Å². The first-order valence-corrected chi connectivity index (χ1v) is 6.81. The van der Waals surface area contributed by atoms with Gasteiger partial charge in [0.25, 0.3) is 0 Å². The number of rotatable bonds is 8. The van der Waals surface area contributed by atoms with Crippen molar-refractivity contribution in [2.24, 2.45) is 5.16 Å². The molecular formula is C17H19NO2. The second-order valence-electron chi connectivity index (χ2n) is 4.35. The molecule has 0 unspecified atom stereocenters. The van der Waals surface area contributed by atoms with Gasteiger partial charge in [0, 0.05) is 6.21 Å². The summed E-state index contributed by atoms with van der Waals surface area (Å²) in [6.07, 6.45) is 3.56. The first-order chi connectivity index (χ1) is 9.95. The van der Waals surface area contributed by atoms with Gasteiger partial charge in [-0.2, -0.15) is 0 Å². The van der Waals surface area contributed by atoms with E-state index < -0.39 is 0 Å². The third kappa shape index (κ3) is 5.57. The van der Waals surface area contributed by atoms with Gasteiger partial charge in [-0.3, -0.25) is 0 Å². The standard InChI is InChI=1S/C17H19NO2/c1-3-9-16(10-4-1)15-20-18-13-7-8-14-19-17-11-5-2-6-12-17/h1-6,9-13H,7-8,14-15H2/b18-13+. The van der Waals surface area contributed by atoms with Gasteiger partial charge in [0.05, 0.1) is 6.61 Å². The number of ether oxygens (including phenoxy) is 1. The Morgan fingerprint density at radius 3 is 2.35 bits per heavy atom. The molecular weight excluding hydrogens is 250 g/mol. The number of nitrogens with zero attached hydrogens (tertiary/aromatic N) is 1. The van der Waals surface area contributed by atoms with Crippen molar-refractivity contribution in [3.05, 3.63) is 66.2 Å². The lowest BCUT2D eigenvalue weighted by Crippen LogP contribution is -1.97. The fourth-order valence-corrected chi connectivity index (χ4v) is 1.67. The van der Waals surface area contributed by atoms with Crippen LogP contribution in [0.5, 0.6) is 5.75 Å². The van der Waals surface area contributed by atoms with E-state index in [-0.39, 0.29) is 0 Å². The summed E-state index contributed by atoms with van der Waals surface area (Å²) in [6.45, 7) is 1.20. The summed E-state index contributed by atoms with van der Waals surface area (Å²) < 4.78 is 5.58. The van der Waals surface area contributed by atoms with E-state index in [2.05, 4.69) is 5.16 Å². The highest BCUT2D eigenvalue weighted by atomic mass is 16.6. The lowest BCUT2D eigenvalue weighted by atomic mass is 10.2. The van der Waals surface area contributed by atoms with Crippen molar-refractivity contribution in [3.63, 3.8) is 0 Å². The van der Waals surface area contributed by atoms with Crippen LogP contribution in [0.3, 0.4) is 0 Å². The summed E-state index contributed by atoms with van der Waals surface area (Å²) in [4.78, 5) is 5.21. The molecule has 0 N–H and O–H groups in total. The maximum absolute atomic E-state index is 5.58. The largest absolute Gasteiger partial charge is 0.494 e. The summed E-state index contributed by atoms with van der Waals surface area (Å²) in [5.41, 5.74) is 1.12. The molecule has 2 aromatic rings. The van der Waals surface area contributed by atoms with Crippen molar-refractivity contribution in [3.8, 4) is 5.75 Å². The van der Waals surface area contributed by atoms with Crippen LogP contribution in [0.1, 0.15) is 18.4 Å². The summed E-state index contributed by atoms with van der Waals surface area (Å²) >= 11 is 0. The molecule has 0 spiro atoms. The highest BCUT2D eigenvalue weighted by molar-refractivity contribution is 5.56. The Morgan fingerprint density at radius 1 is 0.900 bits per heavy atom. The molecule has 0 saturated carbocycles. The van der Waals surface area contributed by atoms with Gasteiger partial charge in [-0.25, -0.2) is 0 Å². The first kappa shape index (κ1) is 14.1. The number of unbranched alkanes of at least 4 members (excludes halogenated alkanes) is 1. The predicted octanol–water partition coefficient (Wildman–Crippen LogP) is 4.05. The second kappa shape index (κ2) is 8.75. The lowest BCUT2D eigenvalue weighted by molar-refractivity contribution is 0.131. The highest BCUT2D eigenvalue weighted by Gasteiger charge is 1.91. The molecule has 3 nitrogen and oxygen atoms in total. The first-order valence-electron chi connectivity index (χ1n) is 6.81. The molecule has 0 atom stereocenters. The van der Waals surface area contributed by atoms with Crippen molar-refractivity contribution < 1.29 is 9.57 Å². The Morgan fingerprint density at radius 2 is 1.60 bits per heavy atom. The summed E-state index contributed by atoms with van der Waals surface area (Å²) in [5, 5.41) is 3.93. The van der Waals surface area contributed by atoms with Crippen LogP contribution in [0.15, 0.2) is 65.8 Å². The topological polar surface area (TPSA) is 30.8 Å². The van der Waals surface area contributed by atoms with Crippen LogP contribution in [0.25, 0.3) is 0 Å². The molecule has 0 aliphatic carbocycles. The van der Waals surface area contributed by atoms with Crippen LogP contribution in [0.4, 0.5) is 0 Å². The monoisotopic (exact) mass is 269 g/mol. The molecule has 0 aliphatic rings. The maximum atomic E-state index is 5.58. The molecule has 0 heterocycles. The number of oxime groups is 1. The Labute approximate surface area is 119 Å². The van der Waals surface area contributed by atoms with Gasteiger partial charge < -0.3 is 9.57 Å². The molecule has 3 heteroatoms. The smallest absolute Gasteiger partial charge is 0.142 e. The lowest BCUT2D eigenvalue weighted by Gasteiger charge is -2.03. The highest BCUT2D eigenvalue weighted by Crippen LogP contribution is 2.08. The van der Waals surface area contributed by atoms with Crippen LogP contribution in [0.2, 0.25) is 0 Å². The third-order valence-corrected chi connectivity index (χ3v) is 2.71. The Kier molecular flexibility index (Phi) is 6.18. The minimum Gasteiger partial charge on any atom is -0.494 e. The van der Waals surface area contributed by atoms with E-state index in [1.807, 2.05) is 60.7 Å².